The van der Waals surface area contributed by atoms with E-state index in [1.54, 1.807) is 24.3 Å². The van der Waals surface area contributed by atoms with Crippen LogP contribution in [0.4, 0.5) is 0 Å². The maximum absolute atomic E-state index is 12.3. The zero-order valence-electron chi connectivity index (χ0n) is 12.0. The third-order valence-electron chi connectivity index (χ3n) is 4.08. The van der Waals surface area contributed by atoms with Gasteiger partial charge >= 0.3 is 0 Å². The van der Waals surface area contributed by atoms with Crippen molar-refractivity contribution < 1.29 is 24.5 Å². The molecule has 2 rings (SSSR count). The Bertz CT molecular complexity index is 510. The monoisotopic (exact) mass is 355 g/mol. The van der Waals surface area contributed by atoms with E-state index in [0.717, 1.165) is 35.6 Å². The van der Waals surface area contributed by atoms with E-state index >= 15 is 0 Å². The number of quaternary nitrogens is 2. The summed E-state index contributed by atoms with van der Waals surface area (Å²) in [7, 11) is 2.10. The van der Waals surface area contributed by atoms with E-state index in [1.165, 1.54) is 4.90 Å². The highest BCUT2D eigenvalue weighted by Crippen LogP contribution is 2.12. The number of rotatable bonds is 5. The van der Waals surface area contributed by atoms with Crippen molar-refractivity contribution in [2.75, 3.05) is 33.2 Å². The van der Waals surface area contributed by atoms with Gasteiger partial charge in [-0.1, -0.05) is 28.1 Å². The molecule has 1 saturated heterocycles. The van der Waals surface area contributed by atoms with E-state index in [-0.39, 0.29) is 12.2 Å². The zero-order chi connectivity index (χ0) is 15.4. The number of halogens is 1. The summed E-state index contributed by atoms with van der Waals surface area (Å²) in [6, 6.07) is 6.24. The number of Topliss-reactive ketones (excluding diaryl/α,β-unsaturated/α-hetero) is 1. The summed E-state index contributed by atoms with van der Waals surface area (Å²) in [4.78, 5) is 26.0. The van der Waals surface area contributed by atoms with Crippen molar-refractivity contribution in [2.24, 2.45) is 0 Å². The smallest absolute Gasteiger partial charge is 0.169 e. The minimum atomic E-state index is -1.13. The molecular weight excluding hydrogens is 336 g/mol. The number of carbonyl (C=O) groups is 2. The first-order valence-corrected chi connectivity index (χ1v) is 7.92. The Morgan fingerprint density at radius 3 is 2.29 bits per heavy atom. The van der Waals surface area contributed by atoms with Crippen molar-refractivity contribution in [3.63, 3.8) is 0 Å². The number of likely N-dealkylation sites (N-methyl/N-ethyl adjacent to an activating group) is 1. The van der Waals surface area contributed by atoms with Crippen LogP contribution in [0.1, 0.15) is 16.8 Å². The Morgan fingerprint density at radius 1 is 1.19 bits per heavy atom. The van der Waals surface area contributed by atoms with Crippen LogP contribution in [0.3, 0.4) is 0 Å². The van der Waals surface area contributed by atoms with Crippen LogP contribution in [-0.2, 0) is 4.79 Å². The second kappa shape index (κ2) is 7.15. The van der Waals surface area contributed by atoms with E-state index in [1.807, 2.05) is 0 Å². The van der Waals surface area contributed by atoms with Crippen molar-refractivity contribution in [2.45, 2.75) is 12.5 Å². The molecule has 1 fully saturated rings. The van der Waals surface area contributed by atoms with E-state index in [0.29, 0.717) is 5.56 Å². The number of benzene rings is 1. The molecule has 0 aromatic heterocycles. The van der Waals surface area contributed by atoms with Gasteiger partial charge in [-0.15, -0.1) is 0 Å². The maximum Gasteiger partial charge on any atom is 0.169 e. The number of piperazine rings is 1. The molecule has 1 heterocycles. The lowest BCUT2D eigenvalue weighted by Gasteiger charge is -2.33. The normalized spacial score (nSPS) is 23.5. The zero-order valence-corrected chi connectivity index (χ0v) is 13.6. The van der Waals surface area contributed by atoms with Crippen molar-refractivity contribution in [1.29, 1.82) is 0 Å². The Labute approximate surface area is 132 Å². The Morgan fingerprint density at radius 2 is 1.76 bits per heavy atom. The average Bonchev–Trinajstić information content (AvgIpc) is 2.46. The quantitative estimate of drug-likeness (QED) is 0.576. The van der Waals surface area contributed by atoms with Crippen molar-refractivity contribution in [3.8, 4) is 0 Å². The summed E-state index contributed by atoms with van der Waals surface area (Å²) in [6.45, 7) is 3.37. The summed E-state index contributed by atoms with van der Waals surface area (Å²) in [5.74, 6) is -1.27. The van der Waals surface area contributed by atoms with Gasteiger partial charge in [-0.2, -0.15) is 0 Å². The molecule has 0 bridgehead atoms. The van der Waals surface area contributed by atoms with Crippen LogP contribution in [0, 0.1) is 0 Å². The molecule has 1 aliphatic rings. The highest BCUT2D eigenvalue weighted by molar-refractivity contribution is 9.10. The lowest BCUT2D eigenvalue weighted by molar-refractivity contribution is -1.01. The fourth-order valence-electron chi connectivity index (χ4n) is 2.68. The lowest BCUT2D eigenvalue weighted by atomic mass is 10.0. The number of carboxylic acid groups (broad SMARTS) is 1. The van der Waals surface area contributed by atoms with Crippen LogP contribution in [0.25, 0.3) is 0 Å². The molecule has 0 spiro atoms. The van der Waals surface area contributed by atoms with E-state index in [4.69, 9.17) is 0 Å². The van der Waals surface area contributed by atoms with Crippen LogP contribution in [-0.4, -0.2) is 51.0 Å². The third-order valence-corrected chi connectivity index (χ3v) is 4.61. The summed E-state index contributed by atoms with van der Waals surface area (Å²) in [5.41, 5.74) is 0.545. The number of nitrogens with one attached hydrogen (secondary N) is 2. The van der Waals surface area contributed by atoms with Gasteiger partial charge in [0.05, 0.1) is 19.4 Å². The molecule has 5 nitrogen and oxygen atoms in total. The summed E-state index contributed by atoms with van der Waals surface area (Å²) < 4.78 is 0.892. The first-order valence-electron chi connectivity index (χ1n) is 7.13. The SMILES string of the molecule is C[NH+]1CC[NH+]([C@@H](CC(=O)c2ccc(Br)cc2)C(=O)[O-])CC1. The molecule has 0 radical (unpaired) electrons. The molecule has 1 aromatic carbocycles. The van der Waals surface area contributed by atoms with Gasteiger partial charge in [-0.05, 0) is 12.1 Å². The predicted octanol–water partition coefficient (Wildman–Crippen LogP) is -2.45. The molecule has 1 atom stereocenters. The highest BCUT2D eigenvalue weighted by Gasteiger charge is 2.30. The predicted molar refractivity (Wildman–Crippen MR) is 79.2 cm³/mol. The first kappa shape index (κ1) is 16.1. The minimum absolute atomic E-state index is 0.00164. The molecular formula is C15H20BrN2O3+. The highest BCUT2D eigenvalue weighted by atomic mass is 79.9. The van der Waals surface area contributed by atoms with Crippen LogP contribution >= 0.6 is 15.9 Å². The second-order valence-corrected chi connectivity index (χ2v) is 6.54. The summed E-state index contributed by atoms with van der Waals surface area (Å²) in [6.07, 6.45) is -0.00164. The van der Waals surface area contributed by atoms with Crippen LogP contribution in [0.15, 0.2) is 28.7 Å². The van der Waals surface area contributed by atoms with Gasteiger partial charge in [-0.3, -0.25) is 4.79 Å². The average molecular weight is 356 g/mol. The minimum Gasteiger partial charge on any atom is -0.544 e. The van der Waals surface area contributed by atoms with Gasteiger partial charge in [0.25, 0.3) is 0 Å². The van der Waals surface area contributed by atoms with E-state index in [9.17, 15) is 14.7 Å². The van der Waals surface area contributed by atoms with E-state index in [2.05, 4.69) is 23.0 Å². The van der Waals surface area contributed by atoms with Gasteiger partial charge in [0.15, 0.2) is 5.78 Å². The van der Waals surface area contributed by atoms with Crippen LogP contribution in [0.2, 0.25) is 0 Å². The van der Waals surface area contributed by atoms with Crippen LogP contribution < -0.4 is 14.9 Å². The number of aliphatic carboxylic acids is 1. The fraction of sp³-hybridized carbons (Fsp3) is 0.467. The number of ketones is 1. The molecule has 21 heavy (non-hydrogen) atoms. The fourth-order valence-corrected chi connectivity index (χ4v) is 2.94. The number of carbonyl (C=O) groups excluding carboxylic acids is 2. The van der Waals surface area contributed by atoms with E-state index < -0.39 is 12.0 Å². The molecule has 0 saturated carbocycles. The Hall–Kier alpha value is -1.24. The molecule has 0 unspecified atom stereocenters. The molecule has 6 heteroatoms. The number of carboxylic acids is 1. The van der Waals surface area contributed by atoms with Crippen molar-refractivity contribution in [1.82, 2.24) is 0 Å². The first-order chi connectivity index (χ1) is 9.97. The topological polar surface area (TPSA) is 66.1 Å². The Balaban J connectivity index is 2.04. The van der Waals surface area contributed by atoms with Gasteiger partial charge in [0.2, 0.25) is 0 Å². The molecule has 0 aliphatic carbocycles. The molecule has 1 aliphatic heterocycles. The third kappa shape index (κ3) is 4.36. The molecule has 114 valence electrons. The van der Waals surface area contributed by atoms with Gasteiger partial charge in [0.1, 0.15) is 32.2 Å². The van der Waals surface area contributed by atoms with Gasteiger partial charge < -0.3 is 19.7 Å². The van der Waals surface area contributed by atoms with Crippen molar-refractivity contribution >= 4 is 27.7 Å². The number of hydrogen-bond donors (Lipinski definition) is 2. The van der Waals surface area contributed by atoms with Crippen LogP contribution in [0.5, 0.6) is 0 Å². The second-order valence-electron chi connectivity index (χ2n) is 5.62. The Kier molecular flexibility index (Phi) is 5.50. The standard InChI is InChI=1S/C15H19BrN2O3/c1-17-6-8-18(9-7-17)13(15(20)21)10-14(19)11-2-4-12(16)5-3-11/h2-5,13H,6-10H2,1H3,(H,20,21)/p+1/t13-/m0/s1. The molecule has 0 amide bonds. The van der Waals surface area contributed by atoms with Gasteiger partial charge in [0, 0.05) is 10.0 Å². The maximum atomic E-state index is 12.3. The molecule has 1 aromatic rings. The summed E-state index contributed by atoms with van der Waals surface area (Å²) in [5, 5.41) is 11.4. The number of hydrogen-bond acceptors (Lipinski definition) is 3. The van der Waals surface area contributed by atoms with Crippen molar-refractivity contribution in [3.05, 3.63) is 34.3 Å². The molecule has 2 N–H and O–H groups in total. The largest absolute Gasteiger partial charge is 0.544 e. The van der Waals surface area contributed by atoms with Gasteiger partial charge in [-0.25, -0.2) is 0 Å². The lowest BCUT2D eigenvalue weighted by Crippen LogP contribution is -3.29. The summed E-state index contributed by atoms with van der Waals surface area (Å²) >= 11 is 3.31.